The molecule has 2 nitrogen and oxygen atoms in total. The predicted molar refractivity (Wildman–Crippen MR) is 36.2 cm³/mol. The van der Waals surface area contributed by atoms with Crippen LogP contribution in [0.2, 0.25) is 0 Å². The summed E-state index contributed by atoms with van der Waals surface area (Å²) in [6, 6.07) is 0. The summed E-state index contributed by atoms with van der Waals surface area (Å²) >= 11 is 5.66. The van der Waals surface area contributed by atoms with E-state index in [1.54, 1.807) is 0 Å². The standard InChI is InChI=1S/C6H8ClNO/c7-5-1-2-6(9)8-4-3-5/h3H,1-2,4H2,(H,8,9). The molecule has 0 aromatic carbocycles. The highest BCUT2D eigenvalue weighted by molar-refractivity contribution is 6.29. The van der Waals surface area contributed by atoms with Crippen molar-refractivity contribution in [3.63, 3.8) is 0 Å². The maximum absolute atomic E-state index is 10.6. The fourth-order valence-electron chi connectivity index (χ4n) is 0.699. The first-order valence-corrected chi connectivity index (χ1v) is 3.28. The number of hydrogen-bond donors (Lipinski definition) is 1. The highest BCUT2D eigenvalue weighted by atomic mass is 35.5. The minimum absolute atomic E-state index is 0.0851. The molecule has 0 spiro atoms. The van der Waals surface area contributed by atoms with Gasteiger partial charge in [0.2, 0.25) is 5.91 Å². The molecule has 3 heteroatoms. The van der Waals surface area contributed by atoms with Gasteiger partial charge in [-0.3, -0.25) is 4.79 Å². The second-order valence-corrected chi connectivity index (χ2v) is 2.44. The van der Waals surface area contributed by atoms with Crippen molar-refractivity contribution in [1.82, 2.24) is 5.32 Å². The summed E-state index contributed by atoms with van der Waals surface area (Å²) in [5.74, 6) is 0.0851. The summed E-state index contributed by atoms with van der Waals surface area (Å²) in [5.41, 5.74) is 0. The molecule has 0 aliphatic carbocycles. The molecule has 9 heavy (non-hydrogen) atoms. The van der Waals surface area contributed by atoms with Crippen LogP contribution in [0.1, 0.15) is 12.8 Å². The Kier molecular flexibility index (Phi) is 2.11. The van der Waals surface area contributed by atoms with Gasteiger partial charge < -0.3 is 5.32 Å². The number of rotatable bonds is 0. The second kappa shape index (κ2) is 2.87. The lowest BCUT2D eigenvalue weighted by Gasteiger charge is -1.93. The lowest BCUT2D eigenvalue weighted by molar-refractivity contribution is -0.120. The number of halogens is 1. The van der Waals surface area contributed by atoms with Crippen LogP contribution in [0.15, 0.2) is 11.1 Å². The van der Waals surface area contributed by atoms with Gasteiger partial charge in [-0.25, -0.2) is 0 Å². The Hall–Kier alpha value is -0.500. The van der Waals surface area contributed by atoms with Crippen molar-refractivity contribution >= 4 is 17.5 Å². The van der Waals surface area contributed by atoms with Crippen LogP contribution in [-0.2, 0) is 4.79 Å². The van der Waals surface area contributed by atoms with Crippen molar-refractivity contribution in [2.24, 2.45) is 0 Å². The van der Waals surface area contributed by atoms with E-state index >= 15 is 0 Å². The molecule has 0 aromatic heterocycles. The summed E-state index contributed by atoms with van der Waals surface area (Å²) in [4.78, 5) is 10.6. The van der Waals surface area contributed by atoms with Gasteiger partial charge in [-0.05, 0) is 6.42 Å². The molecule has 50 valence electrons. The third-order valence-corrected chi connectivity index (χ3v) is 1.56. The zero-order chi connectivity index (χ0) is 6.69. The van der Waals surface area contributed by atoms with Gasteiger partial charge >= 0.3 is 0 Å². The molecule has 0 saturated carbocycles. The molecule has 0 saturated heterocycles. The molecule has 0 unspecified atom stereocenters. The van der Waals surface area contributed by atoms with E-state index in [1.165, 1.54) is 0 Å². The van der Waals surface area contributed by atoms with Crippen molar-refractivity contribution in [1.29, 1.82) is 0 Å². The number of allylic oxidation sites excluding steroid dienone is 1. The third kappa shape index (κ3) is 2.06. The van der Waals surface area contributed by atoms with Gasteiger partial charge in [0.15, 0.2) is 0 Å². The molecule has 0 fully saturated rings. The zero-order valence-electron chi connectivity index (χ0n) is 4.98. The molecule has 0 atom stereocenters. The maximum atomic E-state index is 10.6. The number of hydrogen-bond acceptors (Lipinski definition) is 1. The molecule has 0 aromatic rings. The summed E-state index contributed by atoms with van der Waals surface area (Å²) in [7, 11) is 0. The minimum atomic E-state index is 0.0851. The second-order valence-electron chi connectivity index (χ2n) is 1.96. The maximum Gasteiger partial charge on any atom is 0.220 e. The number of carbonyl (C=O) groups is 1. The van der Waals surface area contributed by atoms with Crippen LogP contribution in [0, 0.1) is 0 Å². The summed E-state index contributed by atoms with van der Waals surface area (Å²) in [6.07, 6.45) is 3.04. The first-order chi connectivity index (χ1) is 4.29. The smallest absolute Gasteiger partial charge is 0.220 e. The third-order valence-electron chi connectivity index (χ3n) is 1.21. The average Bonchev–Trinajstić information content (AvgIpc) is 1.97. The van der Waals surface area contributed by atoms with E-state index in [2.05, 4.69) is 5.32 Å². The van der Waals surface area contributed by atoms with Crippen LogP contribution in [0.5, 0.6) is 0 Å². The predicted octanol–water partition coefficient (Wildman–Crippen LogP) is 1.02. The molecule has 1 aliphatic rings. The van der Waals surface area contributed by atoms with Crippen LogP contribution in [0.4, 0.5) is 0 Å². The molecule has 0 radical (unpaired) electrons. The highest BCUT2D eigenvalue weighted by Crippen LogP contribution is 2.10. The van der Waals surface area contributed by atoms with Gasteiger partial charge in [-0.15, -0.1) is 0 Å². The fraction of sp³-hybridized carbons (Fsp3) is 0.500. The van der Waals surface area contributed by atoms with Crippen LogP contribution in [0.3, 0.4) is 0 Å². The molecular weight excluding hydrogens is 138 g/mol. The van der Waals surface area contributed by atoms with Crippen molar-refractivity contribution in [3.8, 4) is 0 Å². The molecule has 0 bridgehead atoms. The van der Waals surface area contributed by atoms with Crippen molar-refractivity contribution in [3.05, 3.63) is 11.1 Å². The van der Waals surface area contributed by atoms with Crippen LogP contribution in [0.25, 0.3) is 0 Å². The monoisotopic (exact) mass is 145 g/mol. The van der Waals surface area contributed by atoms with E-state index in [9.17, 15) is 4.79 Å². The number of nitrogens with one attached hydrogen (secondary N) is 1. The summed E-state index contributed by atoms with van der Waals surface area (Å²) < 4.78 is 0. The van der Waals surface area contributed by atoms with Gasteiger partial charge in [0.1, 0.15) is 0 Å². The van der Waals surface area contributed by atoms with Gasteiger partial charge in [0.05, 0.1) is 0 Å². The number of carbonyl (C=O) groups excluding carboxylic acids is 1. The van der Waals surface area contributed by atoms with Crippen molar-refractivity contribution in [2.45, 2.75) is 12.8 Å². The fourth-order valence-corrected chi connectivity index (χ4v) is 0.871. The Bertz CT molecular complexity index is 153. The van der Waals surface area contributed by atoms with Gasteiger partial charge in [0.25, 0.3) is 0 Å². The minimum Gasteiger partial charge on any atom is -0.353 e. The van der Waals surface area contributed by atoms with E-state index in [-0.39, 0.29) is 5.91 Å². The summed E-state index contributed by atoms with van der Waals surface area (Å²) in [5, 5.41) is 3.46. The lowest BCUT2D eigenvalue weighted by Crippen LogP contribution is -2.20. The van der Waals surface area contributed by atoms with Crippen LogP contribution < -0.4 is 5.32 Å². The Morgan fingerprint density at radius 2 is 2.33 bits per heavy atom. The van der Waals surface area contributed by atoms with Crippen LogP contribution in [-0.4, -0.2) is 12.5 Å². The lowest BCUT2D eigenvalue weighted by atomic mass is 10.3. The van der Waals surface area contributed by atoms with Gasteiger partial charge in [-0.2, -0.15) is 0 Å². The Balaban J connectivity index is 2.48. The van der Waals surface area contributed by atoms with E-state index < -0.39 is 0 Å². The first-order valence-electron chi connectivity index (χ1n) is 2.90. The molecule has 1 rings (SSSR count). The Labute approximate surface area is 58.9 Å². The Morgan fingerprint density at radius 1 is 1.56 bits per heavy atom. The van der Waals surface area contributed by atoms with E-state index in [0.29, 0.717) is 19.4 Å². The summed E-state index contributed by atoms with van der Waals surface area (Å²) in [6.45, 7) is 0.581. The number of amides is 1. The van der Waals surface area contributed by atoms with Crippen LogP contribution >= 0.6 is 11.6 Å². The van der Waals surface area contributed by atoms with E-state index in [1.807, 2.05) is 6.08 Å². The highest BCUT2D eigenvalue weighted by Gasteiger charge is 2.04. The average molecular weight is 146 g/mol. The molecule has 1 heterocycles. The van der Waals surface area contributed by atoms with Gasteiger partial charge in [-0.1, -0.05) is 17.7 Å². The quantitative estimate of drug-likeness (QED) is 0.542. The topological polar surface area (TPSA) is 29.1 Å². The van der Waals surface area contributed by atoms with E-state index in [0.717, 1.165) is 5.03 Å². The normalized spacial score (nSPS) is 20.1. The molecule has 1 N–H and O–H groups in total. The zero-order valence-corrected chi connectivity index (χ0v) is 5.74. The first kappa shape index (κ1) is 6.62. The van der Waals surface area contributed by atoms with Gasteiger partial charge in [0, 0.05) is 18.0 Å². The van der Waals surface area contributed by atoms with Crippen molar-refractivity contribution in [2.75, 3.05) is 6.54 Å². The van der Waals surface area contributed by atoms with E-state index in [4.69, 9.17) is 11.6 Å². The molecular formula is C6H8ClNO. The SMILES string of the molecule is O=C1CCC(Cl)=CCN1. The van der Waals surface area contributed by atoms with Crippen molar-refractivity contribution < 1.29 is 4.79 Å². The largest absolute Gasteiger partial charge is 0.353 e. The Morgan fingerprint density at radius 3 is 3.11 bits per heavy atom. The molecule has 1 aliphatic heterocycles. The molecule has 1 amide bonds.